The van der Waals surface area contributed by atoms with Gasteiger partial charge in [-0.15, -0.1) is 0 Å². The van der Waals surface area contributed by atoms with Crippen LogP contribution in [0.2, 0.25) is 0 Å². The van der Waals surface area contributed by atoms with Crippen LogP contribution < -0.4 is 4.72 Å². The van der Waals surface area contributed by atoms with E-state index < -0.39 is 20.0 Å². The van der Waals surface area contributed by atoms with Crippen LogP contribution in [0.3, 0.4) is 0 Å². The first-order chi connectivity index (χ1) is 13.1. The molecule has 0 spiro atoms. The van der Waals surface area contributed by atoms with Crippen molar-refractivity contribution >= 4 is 20.0 Å². The summed E-state index contributed by atoms with van der Waals surface area (Å²) in [5.41, 5.74) is 0. The van der Waals surface area contributed by atoms with Gasteiger partial charge in [0, 0.05) is 18.1 Å². The van der Waals surface area contributed by atoms with Crippen molar-refractivity contribution in [3.05, 3.63) is 24.3 Å². The van der Waals surface area contributed by atoms with E-state index in [9.17, 15) is 16.8 Å². The van der Waals surface area contributed by atoms with E-state index in [2.05, 4.69) is 11.6 Å². The fourth-order valence-electron chi connectivity index (χ4n) is 4.54. The highest BCUT2D eigenvalue weighted by molar-refractivity contribution is 7.89. The van der Waals surface area contributed by atoms with Crippen molar-refractivity contribution in [2.75, 3.05) is 0 Å². The maximum absolute atomic E-state index is 13.1. The van der Waals surface area contributed by atoms with Gasteiger partial charge in [-0.05, 0) is 69.7 Å². The minimum Gasteiger partial charge on any atom is -0.208 e. The predicted octanol–water partition coefficient (Wildman–Crippen LogP) is 3.50. The van der Waals surface area contributed by atoms with Gasteiger partial charge in [0.25, 0.3) is 0 Å². The molecule has 0 unspecified atom stereocenters. The Hall–Kier alpha value is -0.960. The van der Waals surface area contributed by atoms with E-state index in [4.69, 9.17) is 0 Å². The molecule has 1 aromatic carbocycles. The molecule has 1 aliphatic carbocycles. The zero-order valence-electron chi connectivity index (χ0n) is 17.0. The average Bonchev–Trinajstić information content (AvgIpc) is 2.63. The van der Waals surface area contributed by atoms with Gasteiger partial charge >= 0.3 is 0 Å². The zero-order valence-corrected chi connectivity index (χ0v) is 18.6. The lowest BCUT2D eigenvalue weighted by molar-refractivity contribution is 0.204. The van der Waals surface area contributed by atoms with Gasteiger partial charge in [0.2, 0.25) is 20.0 Å². The molecule has 2 aliphatic rings. The molecule has 1 saturated carbocycles. The van der Waals surface area contributed by atoms with Crippen molar-refractivity contribution in [1.29, 1.82) is 0 Å². The summed E-state index contributed by atoms with van der Waals surface area (Å²) in [6, 6.07) is 5.49. The second-order valence-electron chi connectivity index (χ2n) is 8.42. The van der Waals surface area contributed by atoms with Gasteiger partial charge < -0.3 is 0 Å². The van der Waals surface area contributed by atoms with Gasteiger partial charge in [0.05, 0.1) is 9.79 Å². The van der Waals surface area contributed by atoms with Crippen molar-refractivity contribution in [3.8, 4) is 0 Å². The van der Waals surface area contributed by atoms with Crippen molar-refractivity contribution in [3.63, 3.8) is 0 Å². The molecule has 0 amide bonds. The molecule has 3 rings (SSSR count). The standard InChI is InChI=1S/C20H32N2O4S2/c1-15-7-4-5-10-20(15)21-27(23,24)18-11-13-19(14-12-18)28(25,26)22-16(2)8-6-9-17(22)3/h11-17,20-21H,4-10H2,1-3H3/t15-,16-,17-,20+/m1/s1. The summed E-state index contributed by atoms with van der Waals surface area (Å²) in [4.78, 5) is 0.266. The van der Waals surface area contributed by atoms with Crippen LogP contribution in [-0.2, 0) is 20.0 Å². The lowest BCUT2D eigenvalue weighted by Gasteiger charge is -2.37. The second kappa shape index (κ2) is 8.42. The third-order valence-corrected chi connectivity index (χ3v) is 9.89. The number of benzene rings is 1. The van der Waals surface area contributed by atoms with Gasteiger partial charge in [0.15, 0.2) is 0 Å². The van der Waals surface area contributed by atoms with Crippen LogP contribution in [-0.4, -0.2) is 39.3 Å². The fourth-order valence-corrected chi connectivity index (χ4v) is 7.80. The van der Waals surface area contributed by atoms with Gasteiger partial charge in [-0.3, -0.25) is 0 Å². The van der Waals surface area contributed by atoms with E-state index >= 15 is 0 Å². The Bertz CT molecular complexity index is 871. The predicted molar refractivity (Wildman–Crippen MR) is 110 cm³/mol. The Morgan fingerprint density at radius 3 is 1.89 bits per heavy atom. The van der Waals surface area contributed by atoms with Crippen LogP contribution in [0.5, 0.6) is 0 Å². The number of hydrogen-bond acceptors (Lipinski definition) is 4. The normalized spacial score (nSPS) is 30.2. The van der Waals surface area contributed by atoms with Crippen LogP contribution in [0, 0.1) is 5.92 Å². The minimum atomic E-state index is -3.66. The molecule has 2 fully saturated rings. The lowest BCUT2D eigenvalue weighted by atomic mass is 9.87. The highest BCUT2D eigenvalue weighted by Gasteiger charge is 2.36. The highest BCUT2D eigenvalue weighted by Crippen LogP contribution is 2.30. The number of sulfonamides is 2. The molecule has 8 heteroatoms. The summed E-state index contributed by atoms with van der Waals surface area (Å²) in [6.45, 7) is 5.94. The lowest BCUT2D eigenvalue weighted by Crippen LogP contribution is -2.47. The molecule has 0 bridgehead atoms. The van der Waals surface area contributed by atoms with Crippen molar-refractivity contribution < 1.29 is 16.8 Å². The van der Waals surface area contributed by atoms with Crippen molar-refractivity contribution in [2.45, 2.75) is 93.6 Å². The second-order valence-corrected chi connectivity index (χ2v) is 12.0. The van der Waals surface area contributed by atoms with Gasteiger partial charge in [-0.2, -0.15) is 4.31 Å². The summed E-state index contributed by atoms with van der Waals surface area (Å²) >= 11 is 0. The number of rotatable bonds is 5. The van der Waals surface area contributed by atoms with E-state index in [-0.39, 0.29) is 27.9 Å². The zero-order chi connectivity index (χ0) is 20.5. The molecule has 1 saturated heterocycles. The largest absolute Gasteiger partial charge is 0.243 e. The molecule has 0 radical (unpaired) electrons. The van der Waals surface area contributed by atoms with Gasteiger partial charge in [0.1, 0.15) is 0 Å². The topological polar surface area (TPSA) is 83.5 Å². The quantitative estimate of drug-likeness (QED) is 0.778. The van der Waals surface area contributed by atoms with Crippen LogP contribution in [0.4, 0.5) is 0 Å². The van der Waals surface area contributed by atoms with Gasteiger partial charge in [-0.25, -0.2) is 21.6 Å². The van der Waals surface area contributed by atoms with Gasteiger partial charge in [-0.1, -0.05) is 26.2 Å². The Labute approximate surface area is 169 Å². The van der Waals surface area contributed by atoms with Crippen LogP contribution in [0.15, 0.2) is 34.1 Å². The van der Waals surface area contributed by atoms with E-state index in [0.29, 0.717) is 5.92 Å². The summed E-state index contributed by atoms with van der Waals surface area (Å²) in [6.07, 6.45) is 6.75. The SMILES string of the molecule is C[C@@H]1CCCC[C@@H]1NS(=O)(=O)c1ccc(S(=O)(=O)N2[C@H](C)CCC[C@H]2C)cc1. The molecule has 1 N–H and O–H groups in total. The maximum Gasteiger partial charge on any atom is 0.243 e. The van der Waals surface area contributed by atoms with Crippen LogP contribution in [0.1, 0.15) is 65.7 Å². The Balaban J connectivity index is 1.80. The first-order valence-electron chi connectivity index (χ1n) is 10.3. The molecule has 28 heavy (non-hydrogen) atoms. The maximum atomic E-state index is 13.1. The average molecular weight is 429 g/mol. The van der Waals surface area contributed by atoms with Crippen LogP contribution in [0.25, 0.3) is 0 Å². The molecule has 6 nitrogen and oxygen atoms in total. The minimum absolute atomic E-state index is 0.0494. The molecule has 1 aliphatic heterocycles. The molecular weight excluding hydrogens is 396 g/mol. The Morgan fingerprint density at radius 2 is 1.32 bits per heavy atom. The third kappa shape index (κ3) is 4.45. The molecule has 1 heterocycles. The highest BCUT2D eigenvalue weighted by atomic mass is 32.2. The molecule has 4 atom stereocenters. The third-order valence-electron chi connectivity index (χ3n) is 6.24. The molecule has 158 valence electrons. The monoisotopic (exact) mass is 428 g/mol. The summed E-state index contributed by atoms with van der Waals surface area (Å²) in [5, 5.41) is 0. The fraction of sp³-hybridized carbons (Fsp3) is 0.700. The van der Waals surface area contributed by atoms with E-state index in [0.717, 1.165) is 44.9 Å². The smallest absolute Gasteiger partial charge is 0.208 e. The van der Waals surface area contributed by atoms with E-state index in [1.807, 2.05) is 13.8 Å². The molecule has 1 aromatic rings. The first kappa shape index (κ1) is 21.7. The molecular formula is C20H32N2O4S2. The van der Waals surface area contributed by atoms with E-state index in [1.165, 1.54) is 24.3 Å². The van der Waals surface area contributed by atoms with Crippen molar-refractivity contribution in [2.24, 2.45) is 5.92 Å². The number of piperidine rings is 1. The molecule has 0 aromatic heterocycles. The number of hydrogen-bond donors (Lipinski definition) is 1. The summed E-state index contributed by atoms with van der Waals surface area (Å²) in [7, 11) is -7.30. The summed E-state index contributed by atoms with van der Waals surface area (Å²) < 4.78 is 56.0. The number of nitrogens with zero attached hydrogens (tertiary/aromatic N) is 1. The van der Waals surface area contributed by atoms with E-state index in [1.54, 1.807) is 4.31 Å². The Kier molecular flexibility index (Phi) is 6.54. The Morgan fingerprint density at radius 1 is 0.786 bits per heavy atom. The number of nitrogens with one attached hydrogen (secondary N) is 1. The summed E-state index contributed by atoms with van der Waals surface area (Å²) in [5.74, 6) is 0.310. The van der Waals surface area contributed by atoms with Crippen molar-refractivity contribution in [1.82, 2.24) is 9.03 Å². The van der Waals surface area contributed by atoms with Crippen LogP contribution >= 0.6 is 0 Å². The first-order valence-corrected chi connectivity index (χ1v) is 13.2.